The number of nitrogens with one attached hydrogen (secondary N) is 1. The van der Waals surface area contributed by atoms with Crippen LogP contribution in [0.1, 0.15) is 30.1 Å². The van der Waals surface area contributed by atoms with Crippen molar-refractivity contribution in [1.82, 2.24) is 0 Å². The summed E-state index contributed by atoms with van der Waals surface area (Å²) in [7, 11) is 0. The minimum atomic E-state index is -1.08. The number of benzene rings is 1. The highest BCUT2D eigenvalue weighted by molar-refractivity contribution is 9.10. The third-order valence-electron chi connectivity index (χ3n) is 2.33. The Morgan fingerprint density at radius 1 is 1.37 bits per heavy atom. The van der Waals surface area contributed by atoms with Crippen LogP contribution in [0.2, 0.25) is 0 Å². The van der Waals surface area contributed by atoms with E-state index in [1.807, 2.05) is 6.92 Å². The molecular weight excluding hydrogens is 314 g/mol. The lowest BCUT2D eigenvalue weighted by molar-refractivity contribution is -0.117. The number of carbonyl (C=O) groups is 2. The van der Waals surface area contributed by atoms with Gasteiger partial charge in [0.2, 0.25) is 5.91 Å². The number of carboxylic acids is 1. The molecule has 0 aliphatic rings. The van der Waals surface area contributed by atoms with Gasteiger partial charge in [-0.2, -0.15) is 0 Å². The first-order valence-corrected chi connectivity index (χ1v) is 6.75. The van der Waals surface area contributed by atoms with Gasteiger partial charge in [-0.15, -0.1) is 0 Å². The summed E-state index contributed by atoms with van der Waals surface area (Å²) in [5, 5.41) is 11.6. The molecule has 0 saturated carbocycles. The molecule has 1 amide bonds. The van der Waals surface area contributed by atoms with E-state index < -0.39 is 5.97 Å². The number of carboxylic acid groups (broad SMARTS) is 1. The topological polar surface area (TPSA) is 75.6 Å². The SMILES string of the molecule is CCCOCCC(=O)Nc1c(Br)cccc1C(=O)O. The lowest BCUT2D eigenvalue weighted by Gasteiger charge is -2.10. The van der Waals surface area contributed by atoms with Crippen LogP contribution in [-0.2, 0) is 9.53 Å². The van der Waals surface area contributed by atoms with Gasteiger partial charge in [-0.1, -0.05) is 13.0 Å². The average molecular weight is 330 g/mol. The van der Waals surface area contributed by atoms with E-state index in [0.717, 1.165) is 6.42 Å². The summed E-state index contributed by atoms with van der Waals surface area (Å²) in [5.74, 6) is -1.36. The molecule has 0 unspecified atom stereocenters. The first kappa shape index (κ1) is 15.7. The monoisotopic (exact) mass is 329 g/mol. The van der Waals surface area contributed by atoms with E-state index in [0.29, 0.717) is 17.7 Å². The number of halogens is 1. The van der Waals surface area contributed by atoms with Crippen LogP contribution in [0.3, 0.4) is 0 Å². The Hall–Kier alpha value is -1.40. The molecule has 1 aromatic rings. The fourth-order valence-corrected chi connectivity index (χ4v) is 1.91. The van der Waals surface area contributed by atoms with E-state index in [1.165, 1.54) is 6.07 Å². The third kappa shape index (κ3) is 5.00. The molecule has 0 aromatic heterocycles. The molecule has 0 aliphatic carbocycles. The maximum Gasteiger partial charge on any atom is 0.337 e. The van der Waals surface area contributed by atoms with Crippen LogP contribution in [-0.4, -0.2) is 30.2 Å². The summed E-state index contributed by atoms with van der Waals surface area (Å²) in [6.07, 6.45) is 1.09. The molecule has 104 valence electrons. The second-order valence-electron chi connectivity index (χ2n) is 3.88. The minimum absolute atomic E-state index is 0.0530. The molecule has 0 fully saturated rings. The minimum Gasteiger partial charge on any atom is -0.478 e. The Kier molecular flexibility index (Phi) is 6.52. The van der Waals surface area contributed by atoms with E-state index in [9.17, 15) is 9.59 Å². The third-order valence-corrected chi connectivity index (χ3v) is 2.99. The molecule has 0 heterocycles. The van der Waals surface area contributed by atoms with E-state index in [2.05, 4.69) is 21.2 Å². The summed E-state index contributed by atoms with van der Waals surface area (Å²) in [6, 6.07) is 4.72. The number of carbonyl (C=O) groups excluding carboxylic acids is 1. The standard InChI is InChI=1S/C13H16BrNO4/c1-2-7-19-8-6-11(16)15-12-9(13(17)18)4-3-5-10(12)14/h3-5H,2,6-8H2,1H3,(H,15,16)(H,17,18). The predicted octanol–water partition coefficient (Wildman–Crippen LogP) is 2.90. The molecule has 6 heteroatoms. The lowest BCUT2D eigenvalue weighted by atomic mass is 10.2. The van der Waals surface area contributed by atoms with Crippen LogP contribution >= 0.6 is 15.9 Å². The highest BCUT2D eigenvalue weighted by Gasteiger charge is 2.14. The summed E-state index contributed by atoms with van der Waals surface area (Å²) in [6.45, 7) is 2.93. The second-order valence-corrected chi connectivity index (χ2v) is 4.73. The van der Waals surface area contributed by atoms with Crippen LogP contribution in [0.15, 0.2) is 22.7 Å². The molecular formula is C13H16BrNO4. The Labute approximate surface area is 120 Å². The summed E-state index contributed by atoms with van der Waals surface area (Å²) in [4.78, 5) is 22.8. The van der Waals surface area contributed by atoms with Crippen molar-refractivity contribution in [3.63, 3.8) is 0 Å². The van der Waals surface area contributed by atoms with Crippen molar-refractivity contribution in [3.05, 3.63) is 28.2 Å². The normalized spacial score (nSPS) is 10.2. The van der Waals surface area contributed by atoms with Crippen molar-refractivity contribution in [1.29, 1.82) is 0 Å². The van der Waals surface area contributed by atoms with Gasteiger partial charge in [0.25, 0.3) is 0 Å². The fourth-order valence-electron chi connectivity index (χ4n) is 1.44. The van der Waals surface area contributed by atoms with Crippen LogP contribution in [0.5, 0.6) is 0 Å². The largest absolute Gasteiger partial charge is 0.478 e. The molecule has 0 radical (unpaired) electrons. The Bertz CT molecular complexity index is 462. The van der Waals surface area contributed by atoms with Gasteiger partial charge in [0.1, 0.15) is 0 Å². The molecule has 5 nitrogen and oxygen atoms in total. The molecule has 1 rings (SSSR count). The molecule has 19 heavy (non-hydrogen) atoms. The maximum absolute atomic E-state index is 11.7. The molecule has 0 atom stereocenters. The highest BCUT2D eigenvalue weighted by Crippen LogP contribution is 2.26. The number of anilines is 1. The molecule has 1 aromatic carbocycles. The first-order chi connectivity index (χ1) is 9.06. The number of hydrogen-bond donors (Lipinski definition) is 2. The van der Waals surface area contributed by atoms with Crippen LogP contribution in [0.25, 0.3) is 0 Å². The van der Waals surface area contributed by atoms with E-state index in [4.69, 9.17) is 9.84 Å². The molecule has 0 saturated heterocycles. The highest BCUT2D eigenvalue weighted by atomic mass is 79.9. The quantitative estimate of drug-likeness (QED) is 0.754. The summed E-state index contributed by atoms with van der Waals surface area (Å²) >= 11 is 3.23. The Morgan fingerprint density at radius 2 is 2.11 bits per heavy atom. The van der Waals surface area contributed by atoms with Crippen LogP contribution in [0.4, 0.5) is 5.69 Å². The summed E-state index contributed by atoms with van der Waals surface area (Å²) in [5.41, 5.74) is 0.327. The number of aromatic carboxylic acids is 1. The van der Waals surface area contributed by atoms with Crippen molar-refractivity contribution >= 4 is 33.5 Å². The van der Waals surface area contributed by atoms with Crippen molar-refractivity contribution in [2.75, 3.05) is 18.5 Å². The zero-order valence-electron chi connectivity index (χ0n) is 10.6. The van der Waals surface area contributed by atoms with Gasteiger partial charge >= 0.3 is 5.97 Å². The maximum atomic E-state index is 11.7. The summed E-state index contributed by atoms with van der Waals surface area (Å²) < 4.78 is 5.75. The van der Waals surface area contributed by atoms with Crippen molar-refractivity contribution in [3.8, 4) is 0 Å². The van der Waals surface area contributed by atoms with Crippen molar-refractivity contribution in [2.24, 2.45) is 0 Å². The zero-order chi connectivity index (χ0) is 14.3. The van der Waals surface area contributed by atoms with Gasteiger partial charge in [0.05, 0.1) is 24.3 Å². The van der Waals surface area contributed by atoms with E-state index in [1.54, 1.807) is 12.1 Å². The van der Waals surface area contributed by atoms with Crippen LogP contribution in [0, 0.1) is 0 Å². The lowest BCUT2D eigenvalue weighted by Crippen LogP contribution is -2.17. The smallest absolute Gasteiger partial charge is 0.337 e. The predicted molar refractivity (Wildman–Crippen MR) is 75.5 cm³/mol. The van der Waals surface area contributed by atoms with Gasteiger partial charge < -0.3 is 15.2 Å². The van der Waals surface area contributed by atoms with Gasteiger partial charge in [0.15, 0.2) is 0 Å². The molecule has 2 N–H and O–H groups in total. The Balaban J connectivity index is 2.66. The van der Waals surface area contributed by atoms with Crippen LogP contribution < -0.4 is 5.32 Å². The van der Waals surface area contributed by atoms with Gasteiger partial charge in [-0.25, -0.2) is 4.79 Å². The first-order valence-electron chi connectivity index (χ1n) is 5.95. The van der Waals surface area contributed by atoms with Gasteiger partial charge in [0, 0.05) is 11.1 Å². The number of amides is 1. The van der Waals surface area contributed by atoms with E-state index in [-0.39, 0.29) is 23.6 Å². The number of hydrogen-bond acceptors (Lipinski definition) is 3. The van der Waals surface area contributed by atoms with Gasteiger partial charge in [-0.3, -0.25) is 4.79 Å². The van der Waals surface area contributed by atoms with Crippen molar-refractivity contribution in [2.45, 2.75) is 19.8 Å². The second kappa shape index (κ2) is 7.91. The molecule has 0 spiro atoms. The average Bonchev–Trinajstić information content (AvgIpc) is 2.37. The molecule has 0 bridgehead atoms. The van der Waals surface area contributed by atoms with Crippen molar-refractivity contribution < 1.29 is 19.4 Å². The number of ether oxygens (including phenoxy) is 1. The van der Waals surface area contributed by atoms with E-state index >= 15 is 0 Å². The number of para-hydroxylation sites is 1. The fraction of sp³-hybridized carbons (Fsp3) is 0.385. The Morgan fingerprint density at radius 3 is 2.74 bits per heavy atom. The number of rotatable bonds is 7. The zero-order valence-corrected chi connectivity index (χ0v) is 12.2. The van der Waals surface area contributed by atoms with Gasteiger partial charge in [-0.05, 0) is 34.5 Å². The molecule has 0 aliphatic heterocycles.